The zero-order chi connectivity index (χ0) is 13.3. The Morgan fingerprint density at radius 2 is 2.17 bits per heavy atom. The molecule has 0 radical (unpaired) electrons. The maximum absolute atomic E-state index is 12.9. The Bertz CT molecular complexity index is 679. The summed E-state index contributed by atoms with van der Waals surface area (Å²) in [4.78, 5) is 28.6. The normalized spacial score (nSPS) is 10.3. The third-order valence-electron chi connectivity index (χ3n) is 2.49. The molecule has 0 atom stereocenters. The number of aromatic carboxylic acids is 1. The van der Waals surface area contributed by atoms with E-state index in [1.807, 2.05) is 0 Å². The lowest BCUT2D eigenvalue weighted by Gasteiger charge is -2.06. The number of halogens is 1. The van der Waals surface area contributed by atoms with Gasteiger partial charge in [-0.2, -0.15) is 0 Å². The number of rotatable bonds is 2. The van der Waals surface area contributed by atoms with Gasteiger partial charge in [-0.3, -0.25) is 9.78 Å². The van der Waals surface area contributed by atoms with E-state index < -0.39 is 17.2 Å². The molecule has 2 aromatic heterocycles. The van der Waals surface area contributed by atoms with Crippen LogP contribution in [-0.4, -0.2) is 21.0 Å². The van der Waals surface area contributed by atoms with Gasteiger partial charge in [-0.15, -0.1) is 0 Å². The number of nitrogens with zero attached hydrogens (tertiary/aromatic N) is 1. The van der Waals surface area contributed by atoms with Crippen molar-refractivity contribution in [2.24, 2.45) is 0 Å². The number of aryl methyl sites for hydroxylation is 1. The molecule has 0 aromatic carbocycles. The highest BCUT2D eigenvalue weighted by molar-refractivity contribution is 5.89. The number of carboxylic acid groups (broad SMARTS) is 1. The lowest BCUT2D eigenvalue weighted by Crippen LogP contribution is -2.07. The van der Waals surface area contributed by atoms with Gasteiger partial charge in [0.2, 0.25) is 5.43 Å². The van der Waals surface area contributed by atoms with Crippen LogP contribution in [0.25, 0.3) is 11.3 Å². The number of carboxylic acids is 1. The van der Waals surface area contributed by atoms with Gasteiger partial charge in [0.15, 0.2) is 5.82 Å². The predicted octanol–water partition coefficient (Wildman–Crippen LogP) is 1.58. The van der Waals surface area contributed by atoms with Crippen LogP contribution in [0.1, 0.15) is 16.1 Å². The minimum atomic E-state index is -1.12. The highest BCUT2D eigenvalue weighted by Gasteiger charge is 2.10. The topological polar surface area (TPSA) is 83.0 Å². The van der Waals surface area contributed by atoms with Gasteiger partial charge in [-0.1, -0.05) is 0 Å². The number of carbonyl (C=O) groups is 1. The average molecular weight is 248 g/mol. The van der Waals surface area contributed by atoms with Crippen LogP contribution in [-0.2, 0) is 0 Å². The summed E-state index contributed by atoms with van der Waals surface area (Å²) in [5.41, 5.74) is 0.563. The molecule has 2 rings (SSSR count). The summed E-state index contributed by atoms with van der Waals surface area (Å²) >= 11 is 0. The zero-order valence-corrected chi connectivity index (χ0v) is 9.40. The smallest absolute Gasteiger partial charge is 0.337 e. The number of hydrogen-bond donors (Lipinski definition) is 2. The first kappa shape index (κ1) is 12.0. The number of pyridine rings is 2. The average Bonchev–Trinajstić information content (AvgIpc) is 2.33. The first-order chi connectivity index (χ1) is 8.49. The van der Waals surface area contributed by atoms with Gasteiger partial charge in [0.1, 0.15) is 0 Å². The second kappa shape index (κ2) is 4.40. The fraction of sp³-hybridized carbons (Fsp3) is 0.0833. The molecular formula is C12H9FN2O3. The fourth-order valence-electron chi connectivity index (χ4n) is 1.53. The number of H-pyrrole nitrogens is 1. The van der Waals surface area contributed by atoms with Crippen molar-refractivity contribution in [1.29, 1.82) is 0 Å². The van der Waals surface area contributed by atoms with E-state index in [2.05, 4.69) is 9.97 Å². The van der Waals surface area contributed by atoms with Gasteiger partial charge in [-0.25, -0.2) is 9.18 Å². The van der Waals surface area contributed by atoms with Crippen molar-refractivity contribution in [2.45, 2.75) is 6.92 Å². The number of aromatic amines is 1. The SMILES string of the molecule is Cc1ncc(C(=O)O)cc1-c1cc(=O)c(F)c[nH]1. The summed E-state index contributed by atoms with van der Waals surface area (Å²) in [5, 5.41) is 8.87. The molecule has 5 nitrogen and oxygen atoms in total. The highest BCUT2D eigenvalue weighted by atomic mass is 19.1. The minimum absolute atomic E-state index is 0.000717. The van der Waals surface area contributed by atoms with Crippen molar-refractivity contribution in [3.8, 4) is 11.3 Å². The van der Waals surface area contributed by atoms with Crippen LogP contribution >= 0.6 is 0 Å². The van der Waals surface area contributed by atoms with Gasteiger partial charge in [0.25, 0.3) is 0 Å². The van der Waals surface area contributed by atoms with Crippen LogP contribution in [0.4, 0.5) is 4.39 Å². The molecule has 0 aliphatic carbocycles. The van der Waals surface area contributed by atoms with Crippen LogP contribution in [0.15, 0.2) is 29.3 Å². The minimum Gasteiger partial charge on any atom is -0.478 e. The predicted molar refractivity (Wildman–Crippen MR) is 61.9 cm³/mol. The number of aromatic nitrogens is 2. The summed E-state index contributed by atoms with van der Waals surface area (Å²) in [6.07, 6.45) is 2.16. The maximum atomic E-state index is 12.9. The van der Waals surface area contributed by atoms with Gasteiger partial charge in [0.05, 0.1) is 11.3 Å². The molecule has 0 unspecified atom stereocenters. The largest absolute Gasteiger partial charge is 0.478 e. The van der Waals surface area contributed by atoms with Crippen LogP contribution < -0.4 is 5.43 Å². The highest BCUT2D eigenvalue weighted by Crippen LogP contribution is 2.20. The molecule has 2 N–H and O–H groups in total. The third kappa shape index (κ3) is 2.13. The Labute approximate surface area is 101 Å². The Hall–Kier alpha value is -2.50. The Morgan fingerprint density at radius 1 is 1.44 bits per heavy atom. The molecule has 18 heavy (non-hydrogen) atoms. The molecule has 0 aliphatic heterocycles. The van der Waals surface area contributed by atoms with E-state index in [9.17, 15) is 14.0 Å². The molecule has 2 heterocycles. The van der Waals surface area contributed by atoms with Crippen molar-refractivity contribution in [3.63, 3.8) is 0 Å². The summed E-state index contributed by atoms with van der Waals surface area (Å²) in [6, 6.07) is 2.46. The number of hydrogen-bond acceptors (Lipinski definition) is 3. The Balaban J connectivity index is 2.62. The fourth-order valence-corrected chi connectivity index (χ4v) is 1.53. The molecule has 2 aromatic rings. The summed E-state index contributed by atoms with van der Waals surface area (Å²) in [6.45, 7) is 1.67. The number of nitrogens with one attached hydrogen (secondary N) is 1. The standard InChI is InChI=1S/C12H9FN2O3/c1-6-8(2-7(4-14-6)12(17)18)10-3-11(16)9(13)5-15-10/h2-5H,1H3,(H,15,16)(H,17,18). The first-order valence-corrected chi connectivity index (χ1v) is 5.07. The van der Waals surface area contributed by atoms with Crippen molar-refractivity contribution in [2.75, 3.05) is 0 Å². The lowest BCUT2D eigenvalue weighted by molar-refractivity contribution is 0.0696. The summed E-state index contributed by atoms with van der Waals surface area (Å²) in [7, 11) is 0. The monoisotopic (exact) mass is 248 g/mol. The Morgan fingerprint density at radius 3 is 2.78 bits per heavy atom. The van der Waals surface area contributed by atoms with Crippen molar-refractivity contribution in [1.82, 2.24) is 9.97 Å². The molecule has 0 saturated heterocycles. The van der Waals surface area contributed by atoms with Crippen molar-refractivity contribution >= 4 is 5.97 Å². The molecule has 0 amide bonds. The summed E-state index contributed by atoms with van der Waals surface area (Å²) in [5.74, 6) is -2.01. The molecule has 6 heteroatoms. The van der Waals surface area contributed by atoms with Crippen molar-refractivity contribution < 1.29 is 14.3 Å². The van der Waals surface area contributed by atoms with E-state index >= 15 is 0 Å². The van der Waals surface area contributed by atoms with Crippen LogP contribution in [0.5, 0.6) is 0 Å². The molecule has 0 saturated carbocycles. The molecular weight excluding hydrogens is 239 g/mol. The van der Waals surface area contributed by atoms with Crippen LogP contribution in [0.2, 0.25) is 0 Å². The van der Waals surface area contributed by atoms with Gasteiger partial charge in [0, 0.05) is 29.7 Å². The van der Waals surface area contributed by atoms with E-state index in [-0.39, 0.29) is 5.56 Å². The van der Waals surface area contributed by atoms with Gasteiger partial charge >= 0.3 is 5.97 Å². The van der Waals surface area contributed by atoms with E-state index in [4.69, 9.17) is 5.11 Å². The van der Waals surface area contributed by atoms with Gasteiger partial charge < -0.3 is 10.1 Å². The zero-order valence-electron chi connectivity index (χ0n) is 9.40. The second-order valence-corrected chi connectivity index (χ2v) is 3.72. The van der Waals surface area contributed by atoms with Crippen LogP contribution in [0, 0.1) is 12.7 Å². The van der Waals surface area contributed by atoms with Crippen molar-refractivity contribution in [3.05, 3.63) is 51.8 Å². The Kier molecular flexibility index (Phi) is 2.93. The third-order valence-corrected chi connectivity index (χ3v) is 2.49. The molecule has 0 spiro atoms. The molecule has 0 fully saturated rings. The quantitative estimate of drug-likeness (QED) is 0.845. The van der Waals surface area contributed by atoms with E-state index in [1.54, 1.807) is 6.92 Å². The van der Waals surface area contributed by atoms with E-state index in [0.29, 0.717) is 17.0 Å². The molecule has 0 aliphatic rings. The molecule has 92 valence electrons. The maximum Gasteiger partial charge on any atom is 0.337 e. The lowest BCUT2D eigenvalue weighted by atomic mass is 10.1. The van der Waals surface area contributed by atoms with E-state index in [1.165, 1.54) is 12.3 Å². The van der Waals surface area contributed by atoms with Gasteiger partial charge in [-0.05, 0) is 13.0 Å². The molecule has 0 bridgehead atoms. The second-order valence-electron chi connectivity index (χ2n) is 3.72. The summed E-state index contributed by atoms with van der Waals surface area (Å²) < 4.78 is 12.9. The van der Waals surface area contributed by atoms with E-state index in [0.717, 1.165) is 12.3 Å². The van der Waals surface area contributed by atoms with Crippen LogP contribution in [0.3, 0.4) is 0 Å². The first-order valence-electron chi connectivity index (χ1n) is 5.07.